The minimum absolute atomic E-state index is 0.0159. The highest BCUT2D eigenvalue weighted by molar-refractivity contribution is 9.10. The molecule has 1 N–H and O–H groups in total. The Morgan fingerprint density at radius 3 is 2.57 bits per heavy atom. The molecule has 0 atom stereocenters. The van der Waals surface area contributed by atoms with E-state index in [0.717, 1.165) is 6.07 Å². The molecule has 0 unspecified atom stereocenters. The number of benzene rings is 1. The molecule has 114 valence electrons. The summed E-state index contributed by atoms with van der Waals surface area (Å²) in [6.07, 6.45) is 0.812. The Morgan fingerprint density at radius 1 is 1.43 bits per heavy atom. The molecule has 0 aromatic heterocycles. The van der Waals surface area contributed by atoms with Gasteiger partial charge in [0.15, 0.2) is 9.84 Å². The van der Waals surface area contributed by atoms with Crippen molar-refractivity contribution in [1.29, 1.82) is 5.26 Å². The summed E-state index contributed by atoms with van der Waals surface area (Å²) in [5.41, 5.74) is -0.657. The van der Waals surface area contributed by atoms with Gasteiger partial charge in [0.25, 0.3) is 0 Å². The van der Waals surface area contributed by atoms with Crippen LogP contribution in [0.4, 0.5) is 0 Å². The van der Waals surface area contributed by atoms with Crippen LogP contribution in [-0.4, -0.2) is 25.2 Å². The number of rotatable bonds is 6. The van der Waals surface area contributed by atoms with Gasteiger partial charge in [-0.2, -0.15) is 5.26 Å². The van der Waals surface area contributed by atoms with E-state index in [1.54, 1.807) is 13.8 Å². The normalized spacial score (nSPS) is 11.9. The first-order valence-electron chi connectivity index (χ1n) is 6.26. The second-order valence-corrected chi connectivity index (χ2v) is 8.33. The van der Waals surface area contributed by atoms with Gasteiger partial charge in [-0.3, -0.25) is 0 Å². The standard InChI is InChI=1S/C14H16BrNO4S/c1-14(2,9-16)6-3-7-21(19,20)10-4-5-12(15)11(8-10)13(17)18/h4-5,8H,3,6-7H2,1-2H3,(H,17,18). The molecule has 7 heteroatoms. The molecule has 0 radical (unpaired) electrons. The van der Waals surface area contributed by atoms with E-state index >= 15 is 0 Å². The average molecular weight is 374 g/mol. The van der Waals surface area contributed by atoms with Crippen molar-refractivity contribution in [2.24, 2.45) is 5.41 Å². The molecule has 0 bridgehead atoms. The number of carboxylic acid groups (broad SMARTS) is 1. The van der Waals surface area contributed by atoms with Gasteiger partial charge in [-0.25, -0.2) is 13.2 Å². The monoisotopic (exact) mass is 373 g/mol. The van der Waals surface area contributed by atoms with Crippen molar-refractivity contribution in [3.8, 4) is 6.07 Å². The third-order valence-electron chi connectivity index (χ3n) is 3.04. The summed E-state index contributed by atoms with van der Waals surface area (Å²) >= 11 is 3.07. The largest absolute Gasteiger partial charge is 0.478 e. The minimum atomic E-state index is -3.56. The van der Waals surface area contributed by atoms with Crippen LogP contribution in [0.2, 0.25) is 0 Å². The number of carbonyl (C=O) groups is 1. The Balaban J connectivity index is 2.92. The number of hydrogen-bond acceptors (Lipinski definition) is 4. The SMILES string of the molecule is CC(C)(C#N)CCCS(=O)(=O)c1ccc(Br)c(C(=O)O)c1. The zero-order valence-electron chi connectivity index (χ0n) is 11.8. The number of carboxylic acids is 1. The molecular formula is C14H16BrNO4S. The fraction of sp³-hybridized carbons (Fsp3) is 0.429. The van der Waals surface area contributed by atoms with Crippen molar-refractivity contribution in [2.75, 3.05) is 5.75 Å². The molecule has 1 rings (SSSR count). The highest BCUT2D eigenvalue weighted by Gasteiger charge is 2.21. The number of nitrogens with zero attached hydrogens (tertiary/aromatic N) is 1. The lowest BCUT2D eigenvalue weighted by Crippen LogP contribution is -2.13. The predicted octanol–water partition coefficient (Wildman–Crippen LogP) is 3.25. The maximum atomic E-state index is 12.2. The van der Waals surface area contributed by atoms with Crippen molar-refractivity contribution >= 4 is 31.7 Å². The summed E-state index contributed by atoms with van der Waals surface area (Å²) in [6.45, 7) is 3.50. The van der Waals surface area contributed by atoms with Crippen molar-refractivity contribution in [3.63, 3.8) is 0 Å². The molecule has 0 aliphatic heterocycles. The van der Waals surface area contributed by atoms with E-state index in [1.807, 2.05) is 0 Å². The van der Waals surface area contributed by atoms with Gasteiger partial charge < -0.3 is 5.11 Å². The molecular weight excluding hydrogens is 358 g/mol. The average Bonchev–Trinajstić information content (AvgIpc) is 2.38. The number of aromatic carboxylic acids is 1. The molecule has 0 aliphatic carbocycles. The molecule has 0 saturated carbocycles. The molecule has 0 amide bonds. The Bertz CT molecular complexity index is 689. The van der Waals surface area contributed by atoms with E-state index in [-0.39, 0.29) is 16.2 Å². The van der Waals surface area contributed by atoms with E-state index in [0.29, 0.717) is 17.3 Å². The first kappa shape index (κ1) is 17.7. The molecule has 21 heavy (non-hydrogen) atoms. The van der Waals surface area contributed by atoms with Gasteiger partial charge in [-0.05, 0) is 60.8 Å². The quantitative estimate of drug-likeness (QED) is 0.825. The van der Waals surface area contributed by atoms with Crippen LogP contribution in [0.3, 0.4) is 0 Å². The molecule has 1 aromatic rings. The maximum Gasteiger partial charge on any atom is 0.336 e. The first-order chi connectivity index (χ1) is 9.59. The summed E-state index contributed by atoms with van der Waals surface area (Å²) in [5.74, 6) is -1.30. The second kappa shape index (κ2) is 6.58. The van der Waals surface area contributed by atoms with E-state index < -0.39 is 21.2 Å². The lowest BCUT2D eigenvalue weighted by molar-refractivity contribution is 0.0695. The number of nitriles is 1. The van der Waals surface area contributed by atoms with Gasteiger partial charge in [0.05, 0.1) is 27.7 Å². The van der Waals surface area contributed by atoms with Crippen LogP contribution in [-0.2, 0) is 9.84 Å². The van der Waals surface area contributed by atoms with Crippen LogP contribution in [0.15, 0.2) is 27.6 Å². The summed E-state index contributed by atoms with van der Waals surface area (Å²) in [4.78, 5) is 11.0. The molecule has 0 spiro atoms. The summed E-state index contributed by atoms with van der Waals surface area (Å²) in [6, 6.07) is 6.06. The Kier molecular flexibility index (Phi) is 5.54. The minimum Gasteiger partial charge on any atom is -0.478 e. The molecule has 0 fully saturated rings. The van der Waals surface area contributed by atoms with Crippen LogP contribution in [0, 0.1) is 16.7 Å². The zero-order valence-corrected chi connectivity index (χ0v) is 14.2. The first-order valence-corrected chi connectivity index (χ1v) is 8.70. The molecule has 5 nitrogen and oxygen atoms in total. The fourth-order valence-electron chi connectivity index (χ4n) is 1.74. The van der Waals surface area contributed by atoms with Gasteiger partial charge in [0, 0.05) is 4.47 Å². The van der Waals surface area contributed by atoms with Gasteiger partial charge in [0.2, 0.25) is 0 Å². The number of sulfone groups is 1. The highest BCUT2D eigenvalue weighted by Crippen LogP contribution is 2.25. The number of halogens is 1. The lowest BCUT2D eigenvalue weighted by Gasteiger charge is -2.14. The molecule has 0 saturated heterocycles. The van der Waals surface area contributed by atoms with Gasteiger partial charge in [0.1, 0.15) is 0 Å². The summed E-state index contributed by atoms with van der Waals surface area (Å²) in [7, 11) is -3.56. The smallest absolute Gasteiger partial charge is 0.336 e. The lowest BCUT2D eigenvalue weighted by atomic mass is 9.90. The van der Waals surface area contributed by atoms with Crippen LogP contribution in [0.5, 0.6) is 0 Å². The van der Waals surface area contributed by atoms with Crippen molar-refractivity contribution in [2.45, 2.75) is 31.6 Å². The van der Waals surface area contributed by atoms with Gasteiger partial charge >= 0.3 is 5.97 Å². The molecule has 0 heterocycles. The van der Waals surface area contributed by atoms with Crippen molar-refractivity contribution in [3.05, 3.63) is 28.2 Å². The third kappa shape index (κ3) is 4.83. The van der Waals surface area contributed by atoms with E-state index in [1.165, 1.54) is 12.1 Å². The predicted molar refractivity (Wildman–Crippen MR) is 81.8 cm³/mol. The Morgan fingerprint density at radius 2 is 2.05 bits per heavy atom. The second-order valence-electron chi connectivity index (χ2n) is 5.36. The third-order valence-corrected chi connectivity index (χ3v) is 5.53. The topological polar surface area (TPSA) is 95.2 Å². The van der Waals surface area contributed by atoms with E-state index in [2.05, 4.69) is 22.0 Å². The van der Waals surface area contributed by atoms with Crippen molar-refractivity contribution in [1.82, 2.24) is 0 Å². The summed E-state index contributed by atoms with van der Waals surface area (Å²) < 4.78 is 24.7. The maximum absolute atomic E-state index is 12.2. The van der Waals surface area contributed by atoms with Crippen LogP contribution < -0.4 is 0 Å². The Labute approximate surface area is 132 Å². The molecule has 0 aliphatic rings. The van der Waals surface area contributed by atoms with E-state index in [4.69, 9.17) is 10.4 Å². The zero-order chi connectivity index (χ0) is 16.3. The van der Waals surface area contributed by atoms with E-state index in [9.17, 15) is 13.2 Å². The molecule has 1 aromatic carbocycles. The van der Waals surface area contributed by atoms with Crippen LogP contribution in [0.1, 0.15) is 37.0 Å². The van der Waals surface area contributed by atoms with Crippen LogP contribution in [0.25, 0.3) is 0 Å². The van der Waals surface area contributed by atoms with Gasteiger partial charge in [-0.1, -0.05) is 0 Å². The Hall–Kier alpha value is -1.39. The van der Waals surface area contributed by atoms with Crippen LogP contribution >= 0.6 is 15.9 Å². The fourth-order valence-corrected chi connectivity index (χ4v) is 3.49. The summed E-state index contributed by atoms with van der Waals surface area (Å²) in [5, 5.41) is 17.9. The van der Waals surface area contributed by atoms with Gasteiger partial charge in [-0.15, -0.1) is 0 Å². The highest BCUT2D eigenvalue weighted by atomic mass is 79.9. The van der Waals surface area contributed by atoms with Crippen molar-refractivity contribution < 1.29 is 18.3 Å². The number of hydrogen-bond donors (Lipinski definition) is 1.